The van der Waals surface area contributed by atoms with Crippen molar-refractivity contribution in [2.45, 2.75) is 24.9 Å². The Morgan fingerprint density at radius 3 is 2.84 bits per heavy atom. The second-order valence-electron chi connectivity index (χ2n) is 5.02. The van der Waals surface area contributed by atoms with Crippen molar-refractivity contribution >= 4 is 15.9 Å². The highest BCUT2D eigenvalue weighted by Gasteiger charge is 2.28. The predicted molar refractivity (Wildman–Crippen MR) is 76.6 cm³/mol. The van der Waals surface area contributed by atoms with Crippen LogP contribution < -0.4 is 0 Å². The Balaban J connectivity index is 1.76. The third kappa shape index (κ3) is 2.45. The van der Waals surface area contributed by atoms with Gasteiger partial charge in [0.1, 0.15) is 5.82 Å². The number of benzene rings is 2. The smallest absolute Gasteiger partial charge is 0.129 e. The van der Waals surface area contributed by atoms with Gasteiger partial charge in [-0.05, 0) is 48.1 Å². The predicted octanol–water partition coefficient (Wildman–Crippen LogP) is 4.35. The molecule has 2 aromatic carbocycles. The van der Waals surface area contributed by atoms with Crippen LogP contribution in [-0.2, 0) is 6.42 Å². The van der Waals surface area contributed by atoms with Crippen molar-refractivity contribution in [3.63, 3.8) is 0 Å². The Kier molecular flexibility index (Phi) is 3.42. The van der Waals surface area contributed by atoms with Crippen molar-refractivity contribution in [2.75, 3.05) is 0 Å². The zero-order chi connectivity index (χ0) is 13.4. The molecule has 1 aliphatic rings. The topological polar surface area (TPSA) is 20.2 Å². The maximum Gasteiger partial charge on any atom is 0.129 e. The zero-order valence-corrected chi connectivity index (χ0v) is 11.9. The molecule has 0 spiro atoms. The first-order chi connectivity index (χ1) is 9.15. The first-order valence-corrected chi connectivity index (χ1v) is 7.15. The molecular weight excluding hydrogens is 307 g/mol. The second kappa shape index (κ2) is 5.06. The molecule has 3 heteroatoms. The molecular formula is C16H14BrFO. The summed E-state index contributed by atoms with van der Waals surface area (Å²) in [5, 5.41) is 10.2. The van der Waals surface area contributed by atoms with Crippen LogP contribution in [-0.4, -0.2) is 5.11 Å². The van der Waals surface area contributed by atoms with E-state index in [4.69, 9.17) is 0 Å². The lowest BCUT2D eigenvalue weighted by atomic mass is 9.74. The maximum absolute atomic E-state index is 13.7. The molecule has 2 atom stereocenters. The van der Waals surface area contributed by atoms with Crippen molar-refractivity contribution in [1.29, 1.82) is 0 Å². The van der Waals surface area contributed by atoms with Gasteiger partial charge in [-0.25, -0.2) is 4.39 Å². The average molecular weight is 321 g/mol. The van der Waals surface area contributed by atoms with Gasteiger partial charge in [-0.2, -0.15) is 0 Å². The number of hydrogen-bond donors (Lipinski definition) is 1. The fourth-order valence-electron chi connectivity index (χ4n) is 2.74. The molecule has 2 aromatic rings. The molecule has 98 valence electrons. The molecule has 2 unspecified atom stereocenters. The molecule has 0 amide bonds. The Bertz CT molecular complexity index is 611. The SMILES string of the molecule is OC(CC1Cc2ccccc21)c1cc(Br)ccc1F. The van der Waals surface area contributed by atoms with Crippen molar-refractivity contribution in [3.05, 3.63) is 69.4 Å². The van der Waals surface area contributed by atoms with E-state index in [1.807, 2.05) is 12.1 Å². The molecule has 1 N–H and O–H groups in total. The van der Waals surface area contributed by atoms with Crippen LogP contribution in [0.2, 0.25) is 0 Å². The average Bonchev–Trinajstić information content (AvgIpc) is 2.38. The third-order valence-corrected chi connectivity index (χ3v) is 4.28. The zero-order valence-electron chi connectivity index (χ0n) is 10.3. The summed E-state index contributed by atoms with van der Waals surface area (Å²) >= 11 is 3.31. The van der Waals surface area contributed by atoms with Crippen LogP contribution in [0.3, 0.4) is 0 Å². The van der Waals surface area contributed by atoms with E-state index in [1.54, 1.807) is 12.1 Å². The lowest BCUT2D eigenvalue weighted by Gasteiger charge is -2.31. The van der Waals surface area contributed by atoms with Gasteiger partial charge >= 0.3 is 0 Å². The van der Waals surface area contributed by atoms with Gasteiger partial charge in [0.05, 0.1) is 6.10 Å². The van der Waals surface area contributed by atoms with Gasteiger partial charge in [-0.3, -0.25) is 0 Å². The van der Waals surface area contributed by atoms with Crippen molar-refractivity contribution in [2.24, 2.45) is 0 Å². The van der Waals surface area contributed by atoms with Gasteiger partial charge in [-0.1, -0.05) is 40.2 Å². The molecule has 0 heterocycles. The number of aliphatic hydroxyl groups is 1. The first-order valence-electron chi connectivity index (χ1n) is 6.36. The lowest BCUT2D eigenvalue weighted by molar-refractivity contribution is 0.149. The fraction of sp³-hybridized carbons (Fsp3) is 0.250. The molecule has 0 fully saturated rings. The second-order valence-corrected chi connectivity index (χ2v) is 5.93. The van der Waals surface area contributed by atoms with Crippen molar-refractivity contribution in [1.82, 2.24) is 0 Å². The van der Waals surface area contributed by atoms with Crippen LogP contribution >= 0.6 is 15.9 Å². The fourth-order valence-corrected chi connectivity index (χ4v) is 3.12. The van der Waals surface area contributed by atoms with Gasteiger partial charge < -0.3 is 5.11 Å². The van der Waals surface area contributed by atoms with E-state index < -0.39 is 6.10 Å². The standard InChI is InChI=1S/C16H14BrFO/c17-12-5-6-15(18)14(9-12)16(19)8-11-7-10-3-1-2-4-13(10)11/h1-6,9,11,16,19H,7-8H2. The lowest BCUT2D eigenvalue weighted by Crippen LogP contribution is -2.19. The first kappa shape index (κ1) is 12.8. The molecule has 0 aromatic heterocycles. The minimum absolute atomic E-state index is 0.338. The van der Waals surface area contributed by atoms with E-state index in [9.17, 15) is 9.50 Å². The molecule has 1 aliphatic carbocycles. The summed E-state index contributed by atoms with van der Waals surface area (Å²) in [5.74, 6) is -0.00658. The highest BCUT2D eigenvalue weighted by Crippen LogP contribution is 2.41. The number of hydrogen-bond acceptors (Lipinski definition) is 1. The van der Waals surface area contributed by atoms with Gasteiger partial charge in [0.15, 0.2) is 0 Å². The molecule has 0 aliphatic heterocycles. The molecule has 0 saturated carbocycles. The summed E-state index contributed by atoms with van der Waals surface area (Å²) in [6.45, 7) is 0. The highest BCUT2D eigenvalue weighted by atomic mass is 79.9. The summed E-state index contributed by atoms with van der Waals surface area (Å²) in [4.78, 5) is 0. The summed E-state index contributed by atoms with van der Waals surface area (Å²) in [6.07, 6.45) is 0.795. The maximum atomic E-state index is 13.7. The van der Waals surface area contributed by atoms with E-state index >= 15 is 0 Å². The molecule has 1 nitrogen and oxygen atoms in total. The Morgan fingerprint density at radius 1 is 1.26 bits per heavy atom. The monoisotopic (exact) mass is 320 g/mol. The number of rotatable bonds is 3. The van der Waals surface area contributed by atoms with Crippen LogP contribution in [0.15, 0.2) is 46.9 Å². The van der Waals surface area contributed by atoms with Crippen molar-refractivity contribution in [3.8, 4) is 0 Å². The van der Waals surface area contributed by atoms with E-state index in [2.05, 4.69) is 28.1 Å². The van der Waals surface area contributed by atoms with Crippen LogP contribution in [0, 0.1) is 5.82 Å². The Hall–Kier alpha value is -1.19. The van der Waals surface area contributed by atoms with E-state index in [0.29, 0.717) is 17.9 Å². The highest BCUT2D eigenvalue weighted by molar-refractivity contribution is 9.10. The van der Waals surface area contributed by atoms with Crippen molar-refractivity contribution < 1.29 is 9.50 Å². The number of aliphatic hydroxyl groups excluding tert-OH is 1. The Morgan fingerprint density at radius 2 is 2.05 bits per heavy atom. The normalized spacial score (nSPS) is 18.6. The van der Waals surface area contributed by atoms with Crippen LogP contribution in [0.25, 0.3) is 0 Å². The van der Waals surface area contributed by atoms with Gasteiger partial charge in [-0.15, -0.1) is 0 Å². The summed E-state index contributed by atoms with van der Waals surface area (Å²) in [5.41, 5.74) is 3.00. The Labute approximate surface area is 120 Å². The third-order valence-electron chi connectivity index (χ3n) is 3.79. The van der Waals surface area contributed by atoms with Crippen LogP contribution in [0.1, 0.15) is 35.1 Å². The van der Waals surface area contributed by atoms with Crippen LogP contribution in [0.5, 0.6) is 0 Å². The molecule has 19 heavy (non-hydrogen) atoms. The summed E-state index contributed by atoms with van der Waals surface area (Å²) in [6, 6.07) is 12.9. The minimum atomic E-state index is -0.754. The molecule has 0 radical (unpaired) electrons. The van der Waals surface area contributed by atoms with E-state index in [-0.39, 0.29) is 5.82 Å². The van der Waals surface area contributed by atoms with Gasteiger partial charge in [0.2, 0.25) is 0 Å². The molecule has 3 rings (SSSR count). The largest absolute Gasteiger partial charge is 0.388 e. The molecule has 0 saturated heterocycles. The van der Waals surface area contributed by atoms with Crippen LogP contribution in [0.4, 0.5) is 4.39 Å². The number of halogens is 2. The van der Waals surface area contributed by atoms with Gasteiger partial charge in [0, 0.05) is 10.0 Å². The number of fused-ring (bicyclic) bond motifs is 1. The minimum Gasteiger partial charge on any atom is -0.388 e. The van der Waals surface area contributed by atoms with E-state index in [0.717, 1.165) is 10.9 Å². The quantitative estimate of drug-likeness (QED) is 0.891. The summed E-state index contributed by atoms with van der Waals surface area (Å²) < 4.78 is 14.5. The summed E-state index contributed by atoms with van der Waals surface area (Å²) in [7, 11) is 0. The van der Waals surface area contributed by atoms with Gasteiger partial charge in [0.25, 0.3) is 0 Å². The molecule has 0 bridgehead atoms. The van der Waals surface area contributed by atoms with E-state index in [1.165, 1.54) is 17.2 Å².